The van der Waals surface area contributed by atoms with Crippen molar-refractivity contribution < 1.29 is 0 Å². The molecule has 0 aliphatic heterocycles. The molecule has 1 heteroatoms. The number of rotatable bonds is 1. The predicted molar refractivity (Wildman–Crippen MR) is 58.2 cm³/mol. The van der Waals surface area contributed by atoms with Gasteiger partial charge < -0.3 is 5.73 Å². The van der Waals surface area contributed by atoms with E-state index in [1.165, 1.54) is 24.0 Å². The first-order valence-electron chi connectivity index (χ1n) is 5.06. The highest BCUT2D eigenvalue weighted by atomic mass is 14.5. The third kappa shape index (κ3) is 2.15. The van der Waals surface area contributed by atoms with E-state index in [4.69, 9.17) is 5.73 Å². The minimum atomic E-state index is 0.303. The molecule has 0 unspecified atom stereocenters. The van der Waals surface area contributed by atoms with Crippen LogP contribution in [0.15, 0.2) is 23.4 Å². The smallest absolute Gasteiger partial charge is 0.00594 e. The molecule has 74 valence electrons. The Kier molecular flexibility index (Phi) is 2.84. The molecule has 0 fully saturated rings. The van der Waals surface area contributed by atoms with E-state index < -0.39 is 0 Å². The van der Waals surface area contributed by atoms with Crippen molar-refractivity contribution in [3.05, 3.63) is 23.4 Å². The molecular formula is C12H21N. The van der Waals surface area contributed by atoms with Gasteiger partial charge in [0, 0.05) is 0 Å². The van der Waals surface area contributed by atoms with Crippen molar-refractivity contribution in [2.45, 2.75) is 40.5 Å². The van der Waals surface area contributed by atoms with Gasteiger partial charge in [-0.05, 0) is 48.9 Å². The van der Waals surface area contributed by atoms with Crippen molar-refractivity contribution >= 4 is 0 Å². The average Bonchev–Trinajstić information content (AvgIpc) is 1.95. The van der Waals surface area contributed by atoms with E-state index in [1.807, 2.05) is 0 Å². The van der Waals surface area contributed by atoms with Crippen LogP contribution in [-0.4, -0.2) is 0 Å². The number of hydrogen-bond acceptors (Lipinski definition) is 1. The normalized spacial score (nSPS) is 28.5. The van der Waals surface area contributed by atoms with Gasteiger partial charge in [0.15, 0.2) is 0 Å². The Bertz CT molecular complexity index is 246. The molecule has 1 aliphatic rings. The number of allylic oxidation sites excluding steroid dienone is 3. The van der Waals surface area contributed by atoms with E-state index in [2.05, 4.69) is 33.8 Å². The van der Waals surface area contributed by atoms with E-state index in [0.717, 1.165) is 5.92 Å². The van der Waals surface area contributed by atoms with Crippen molar-refractivity contribution in [3.8, 4) is 0 Å². The zero-order chi connectivity index (χ0) is 10.1. The molecule has 1 atom stereocenters. The summed E-state index contributed by atoms with van der Waals surface area (Å²) in [7, 11) is 0. The van der Waals surface area contributed by atoms with Crippen LogP contribution in [0.3, 0.4) is 0 Å². The number of hydrogen-bond donors (Lipinski definition) is 1. The SMILES string of the molecule is CC1=C(/C=C/N)C(C)(C)C[C@H](C)C1. The second-order valence-corrected chi connectivity index (χ2v) is 4.95. The van der Waals surface area contributed by atoms with Gasteiger partial charge in [-0.3, -0.25) is 0 Å². The van der Waals surface area contributed by atoms with Crippen molar-refractivity contribution in [2.24, 2.45) is 17.1 Å². The summed E-state index contributed by atoms with van der Waals surface area (Å²) in [5.41, 5.74) is 8.71. The van der Waals surface area contributed by atoms with E-state index >= 15 is 0 Å². The molecule has 0 heterocycles. The minimum absolute atomic E-state index is 0.303. The van der Waals surface area contributed by atoms with Gasteiger partial charge in [-0.25, -0.2) is 0 Å². The van der Waals surface area contributed by atoms with Gasteiger partial charge >= 0.3 is 0 Å². The van der Waals surface area contributed by atoms with Crippen LogP contribution in [0.25, 0.3) is 0 Å². The molecule has 1 nitrogen and oxygen atoms in total. The lowest BCUT2D eigenvalue weighted by atomic mass is 9.69. The molecule has 0 bridgehead atoms. The lowest BCUT2D eigenvalue weighted by Crippen LogP contribution is -2.24. The Labute approximate surface area is 81.7 Å². The molecule has 0 amide bonds. The van der Waals surface area contributed by atoms with Gasteiger partial charge in [0.05, 0.1) is 0 Å². The Hall–Kier alpha value is -0.720. The maximum atomic E-state index is 5.46. The largest absolute Gasteiger partial charge is 0.405 e. The first-order chi connectivity index (χ1) is 5.97. The van der Waals surface area contributed by atoms with Crippen molar-refractivity contribution in [1.29, 1.82) is 0 Å². The summed E-state index contributed by atoms with van der Waals surface area (Å²) in [6.45, 7) is 9.17. The lowest BCUT2D eigenvalue weighted by Gasteiger charge is -2.36. The third-order valence-corrected chi connectivity index (χ3v) is 2.97. The summed E-state index contributed by atoms with van der Waals surface area (Å²) < 4.78 is 0. The second kappa shape index (κ2) is 3.57. The molecule has 1 aliphatic carbocycles. The third-order valence-electron chi connectivity index (χ3n) is 2.97. The summed E-state index contributed by atoms with van der Waals surface area (Å²) in [6.07, 6.45) is 6.23. The maximum Gasteiger partial charge on any atom is -0.00594 e. The zero-order valence-corrected chi connectivity index (χ0v) is 9.22. The van der Waals surface area contributed by atoms with Gasteiger partial charge in [-0.2, -0.15) is 0 Å². The topological polar surface area (TPSA) is 26.0 Å². The fraction of sp³-hybridized carbons (Fsp3) is 0.667. The summed E-state index contributed by atoms with van der Waals surface area (Å²) >= 11 is 0. The lowest BCUT2D eigenvalue weighted by molar-refractivity contribution is 0.307. The van der Waals surface area contributed by atoms with Crippen molar-refractivity contribution in [1.82, 2.24) is 0 Å². The second-order valence-electron chi connectivity index (χ2n) is 4.95. The summed E-state index contributed by atoms with van der Waals surface area (Å²) in [5, 5.41) is 0. The molecule has 1 rings (SSSR count). The Morgan fingerprint density at radius 1 is 1.46 bits per heavy atom. The predicted octanol–water partition coefficient (Wildman–Crippen LogP) is 3.23. The van der Waals surface area contributed by atoms with E-state index in [9.17, 15) is 0 Å². The molecule has 0 aromatic carbocycles. The number of nitrogens with two attached hydrogens (primary N) is 1. The van der Waals surface area contributed by atoms with Crippen LogP contribution in [-0.2, 0) is 0 Å². The summed E-state index contributed by atoms with van der Waals surface area (Å²) in [5.74, 6) is 0.810. The summed E-state index contributed by atoms with van der Waals surface area (Å²) in [4.78, 5) is 0. The molecule has 0 saturated heterocycles. The highest BCUT2D eigenvalue weighted by Crippen LogP contribution is 2.43. The van der Waals surface area contributed by atoms with Crippen molar-refractivity contribution in [3.63, 3.8) is 0 Å². The minimum Gasteiger partial charge on any atom is -0.405 e. The van der Waals surface area contributed by atoms with Crippen LogP contribution >= 0.6 is 0 Å². The van der Waals surface area contributed by atoms with Gasteiger partial charge in [0.2, 0.25) is 0 Å². The van der Waals surface area contributed by atoms with Gasteiger partial charge in [-0.15, -0.1) is 0 Å². The van der Waals surface area contributed by atoms with Crippen LogP contribution in [0, 0.1) is 11.3 Å². The van der Waals surface area contributed by atoms with E-state index in [-0.39, 0.29) is 0 Å². The molecule has 13 heavy (non-hydrogen) atoms. The highest BCUT2D eigenvalue weighted by molar-refractivity contribution is 5.32. The van der Waals surface area contributed by atoms with E-state index in [0.29, 0.717) is 5.41 Å². The molecule has 0 saturated carbocycles. The van der Waals surface area contributed by atoms with Crippen LogP contribution in [0.2, 0.25) is 0 Å². The van der Waals surface area contributed by atoms with E-state index in [1.54, 1.807) is 6.20 Å². The molecule has 0 spiro atoms. The molecule has 0 aromatic heterocycles. The monoisotopic (exact) mass is 179 g/mol. The summed E-state index contributed by atoms with van der Waals surface area (Å²) in [6, 6.07) is 0. The van der Waals surface area contributed by atoms with Crippen molar-refractivity contribution in [2.75, 3.05) is 0 Å². The average molecular weight is 179 g/mol. The highest BCUT2D eigenvalue weighted by Gasteiger charge is 2.30. The first kappa shape index (κ1) is 10.4. The quantitative estimate of drug-likeness (QED) is 0.657. The van der Waals surface area contributed by atoms with Gasteiger partial charge in [0.1, 0.15) is 0 Å². The Morgan fingerprint density at radius 2 is 2.08 bits per heavy atom. The molecular weight excluding hydrogens is 158 g/mol. The Balaban J connectivity index is 3.03. The Morgan fingerprint density at radius 3 is 2.54 bits per heavy atom. The molecule has 0 radical (unpaired) electrons. The van der Waals surface area contributed by atoms with Crippen LogP contribution < -0.4 is 5.73 Å². The van der Waals surface area contributed by atoms with Crippen LogP contribution in [0.4, 0.5) is 0 Å². The van der Waals surface area contributed by atoms with Gasteiger partial charge in [-0.1, -0.05) is 26.3 Å². The first-order valence-corrected chi connectivity index (χ1v) is 5.06. The fourth-order valence-electron chi connectivity index (χ4n) is 2.73. The molecule has 2 N–H and O–H groups in total. The van der Waals surface area contributed by atoms with Gasteiger partial charge in [0.25, 0.3) is 0 Å². The van der Waals surface area contributed by atoms with Crippen LogP contribution in [0.1, 0.15) is 40.5 Å². The van der Waals surface area contributed by atoms with Crippen LogP contribution in [0.5, 0.6) is 0 Å². The standard InChI is InChI=1S/C12H21N/c1-9-7-10(2)11(5-6-13)12(3,4)8-9/h5-6,9H,7-8,13H2,1-4H3/b6-5+/t9-/m1/s1. The fourth-order valence-corrected chi connectivity index (χ4v) is 2.73. The maximum absolute atomic E-state index is 5.46. The molecule has 0 aromatic rings. The zero-order valence-electron chi connectivity index (χ0n) is 9.22.